The second-order valence-electron chi connectivity index (χ2n) is 4.78. The monoisotopic (exact) mass is 307 g/mol. The average molecular weight is 307 g/mol. The summed E-state index contributed by atoms with van der Waals surface area (Å²) < 4.78 is 10.4. The Balaban J connectivity index is 2.04. The van der Waals surface area contributed by atoms with Crippen LogP contribution < -0.4 is 0 Å². The van der Waals surface area contributed by atoms with Crippen LogP contribution in [0.25, 0.3) is 6.08 Å². The highest BCUT2D eigenvalue weighted by Gasteiger charge is 2.23. The molecule has 2 atom stereocenters. The van der Waals surface area contributed by atoms with Crippen LogP contribution in [-0.2, 0) is 14.3 Å². The molecule has 0 saturated heterocycles. The number of methoxy groups -OCH3 is 1. The second kappa shape index (κ2) is 8.52. The van der Waals surface area contributed by atoms with Crippen LogP contribution in [0.4, 0.5) is 0 Å². The molecule has 0 amide bonds. The third-order valence-corrected chi connectivity index (χ3v) is 3.19. The summed E-state index contributed by atoms with van der Waals surface area (Å²) in [6, 6.07) is 20.5. The molecule has 0 bridgehead atoms. The Morgan fingerprint density at radius 2 is 1.70 bits per heavy atom. The summed E-state index contributed by atoms with van der Waals surface area (Å²) in [6.45, 7) is 0. The van der Waals surface area contributed by atoms with Crippen LogP contribution in [0.15, 0.2) is 66.7 Å². The number of benzene rings is 2. The Labute approximate surface area is 135 Å². The third-order valence-electron chi connectivity index (χ3n) is 3.19. The summed E-state index contributed by atoms with van der Waals surface area (Å²) in [5.41, 5.74) is 1.61. The third kappa shape index (κ3) is 4.80. The van der Waals surface area contributed by atoms with E-state index in [0.717, 1.165) is 5.56 Å². The van der Waals surface area contributed by atoms with E-state index in [1.54, 1.807) is 24.3 Å². The van der Waals surface area contributed by atoms with Gasteiger partial charge in [0.15, 0.2) is 6.10 Å². The Morgan fingerprint density at radius 3 is 2.26 bits per heavy atom. The van der Waals surface area contributed by atoms with Crippen LogP contribution in [-0.4, -0.2) is 19.2 Å². The van der Waals surface area contributed by atoms with Crippen molar-refractivity contribution >= 4 is 12.0 Å². The van der Waals surface area contributed by atoms with Crippen LogP contribution in [0.1, 0.15) is 17.2 Å². The molecule has 0 saturated carbocycles. The number of esters is 1. The number of hydrogen-bond donors (Lipinski definition) is 0. The maximum Gasteiger partial charge on any atom is 0.341 e. The molecule has 0 aliphatic rings. The van der Waals surface area contributed by atoms with Crippen molar-refractivity contribution in [1.29, 1.82) is 5.26 Å². The molecule has 0 unspecified atom stereocenters. The zero-order chi connectivity index (χ0) is 16.5. The van der Waals surface area contributed by atoms with E-state index in [4.69, 9.17) is 14.7 Å². The second-order valence-corrected chi connectivity index (χ2v) is 4.78. The van der Waals surface area contributed by atoms with Crippen molar-refractivity contribution in [3.8, 4) is 6.07 Å². The van der Waals surface area contributed by atoms with Gasteiger partial charge in [-0.25, -0.2) is 4.79 Å². The predicted octanol–water partition coefficient (Wildman–Crippen LogP) is 3.52. The van der Waals surface area contributed by atoms with Crippen LogP contribution in [0, 0.1) is 11.3 Å². The summed E-state index contributed by atoms with van der Waals surface area (Å²) in [7, 11) is 1.43. The molecule has 0 aliphatic heterocycles. The van der Waals surface area contributed by atoms with E-state index >= 15 is 0 Å². The van der Waals surface area contributed by atoms with Gasteiger partial charge in [0.25, 0.3) is 0 Å². The summed E-state index contributed by atoms with van der Waals surface area (Å²) in [5, 5.41) is 9.16. The minimum atomic E-state index is -0.968. The van der Waals surface area contributed by atoms with Crippen molar-refractivity contribution in [2.75, 3.05) is 7.11 Å². The minimum Gasteiger partial charge on any atom is -0.440 e. The zero-order valence-electron chi connectivity index (χ0n) is 12.8. The molecule has 2 aromatic carbocycles. The van der Waals surface area contributed by atoms with Gasteiger partial charge in [-0.1, -0.05) is 66.7 Å². The van der Waals surface area contributed by atoms with Gasteiger partial charge < -0.3 is 9.47 Å². The van der Waals surface area contributed by atoms with Gasteiger partial charge in [0.05, 0.1) is 0 Å². The molecule has 116 valence electrons. The maximum absolute atomic E-state index is 12.2. The number of nitriles is 1. The number of ether oxygens (including phenoxy) is 2. The van der Waals surface area contributed by atoms with Gasteiger partial charge >= 0.3 is 5.97 Å². The molecule has 0 radical (unpaired) electrons. The molecule has 4 heteroatoms. The topological polar surface area (TPSA) is 59.3 Å². The summed E-state index contributed by atoms with van der Waals surface area (Å²) >= 11 is 0. The Bertz CT molecular complexity index is 690. The lowest BCUT2D eigenvalue weighted by Crippen LogP contribution is -2.22. The van der Waals surface area contributed by atoms with E-state index in [0.29, 0.717) is 5.56 Å². The van der Waals surface area contributed by atoms with Gasteiger partial charge in [-0.2, -0.15) is 5.26 Å². The van der Waals surface area contributed by atoms with Gasteiger partial charge in [0.2, 0.25) is 6.10 Å². The molecule has 0 fully saturated rings. The van der Waals surface area contributed by atoms with Crippen LogP contribution in [0.2, 0.25) is 0 Å². The van der Waals surface area contributed by atoms with E-state index in [2.05, 4.69) is 0 Å². The lowest BCUT2D eigenvalue weighted by atomic mass is 10.1. The highest BCUT2D eigenvalue weighted by molar-refractivity contribution is 5.77. The first kappa shape index (κ1) is 16.5. The first-order valence-corrected chi connectivity index (χ1v) is 7.15. The van der Waals surface area contributed by atoms with Crippen molar-refractivity contribution in [3.05, 3.63) is 77.9 Å². The Morgan fingerprint density at radius 1 is 1.09 bits per heavy atom. The zero-order valence-corrected chi connectivity index (χ0v) is 12.8. The summed E-state index contributed by atoms with van der Waals surface area (Å²) in [6.07, 6.45) is 1.47. The fourth-order valence-corrected chi connectivity index (χ4v) is 2.05. The largest absolute Gasteiger partial charge is 0.440 e. The molecule has 0 aliphatic carbocycles. The maximum atomic E-state index is 12.2. The standard InChI is InChI=1S/C19H17NO3/c1-22-18(16-10-6-3-7-11-16)19(21)23-17(14-20)13-12-15-8-4-2-5-9-15/h2-13,17-18H,1H3/b13-12+/t17-,18-/m1/s1. The molecule has 0 heterocycles. The van der Waals surface area contributed by atoms with Crippen molar-refractivity contribution in [3.63, 3.8) is 0 Å². The number of rotatable bonds is 6. The smallest absolute Gasteiger partial charge is 0.341 e. The quantitative estimate of drug-likeness (QED) is 0.766. The average Bonchev–Trinajstić information content (AvgIpc) is 2.61. The first-order chi connectivity index (χ1) is 11.2. The van der Waals surface area contributed by atoms with E-state index in [1.165, 1.54) is 7.11 Å². The van der Waals surface area contributed by atoms with E-state index in [1.807, 2.05) is 54.6 Å². The van der Waals surface area contributed by atoms with Gasteiger partial charge in [-0.05, 0) is 17.2 Å². The van der Waals surface area contributed by atoms with E-state index < -0.39 is 18.2 Å². The fourth-order valence-electron chi connectivity index (χ4n) is 2.05. The summed E-state index contributed by atoms with van der Waals surface area (Å²) in [5.74, 6) is -0.594. The normalized spacial score (nSPS) is 13.2. The first-order valence-electron chi connectivity index (χ1n) is 7.15. The molecular weight excluding hydrogens is 290 g/mol. The molecule has 2 rings (SSSR count). The van der Waals surface area contributed by atoms with Crippen LogP contribution in [0.3, 0.4) is 0 Å². The predicted molar refractivity (Wildman–Crippen MR) is 87.2 cm³/mol. The molecule has 0 spiro atoms. The van der Waals surface area contributed by atoms with Crippen LogP contribution >= 0.6 is 0 Å². The Kier molecular flexibility index (Phi) is 6.10. The molecule has 0 N–H and O–H groups in total. The molecule has 2 aromatic rings. The SMILES string of the molecule is CO[C@@H](C(=O)O[C@@H](C#N)/C=C/c1ccccc1)c1ccccc1. The van der Waals surface area contributed by atoms with Crippen LogP contribution in [0.5, 0.6) is 0 Å². The highest BCUT2D eigenvalue weighted by Crippen LogP contribution is 2.19. The van der Waals surface area contributed by atoms with Crippen molar-refractivity contribution in [2.24, 2.45) is 0 Å². The van der Waals surface area contributed by atoms with E-state index in [9.17, 15) is 4.79 Å². The van der Waals surface area contributed by atoms with Gasteiger partial charge in [0, 0.05) is 7.11 Å². The number of nitrogens with zero attached hydrogens (tertiary/aromatic N) is 1. The van der Waals surface area contributed by atoms with Crippen molar-refractivity contribution in [1.82, 2.24) is 0 Å². The number of hydrogen-bond acceptors (Lipinski definition) is 4. The van der Waals surface area contributed by atoms with E-state index in [-0.39, 0.29) is 0 Å². The van der Waals surface area contributed by atoms with Gasteiger partial charge in [-0.3, -0.25) is 0 Å². The molecule has 23 heavy (non-hydrogen) atoms. The lowest BCUT2D eigenvalue weighted by molar-refractivity contribution is -0.157. The van der Waals surface area contributed by atoms with Crippen molar-refractivity contribution in [2.45, 2.75) is 12.2 Å². The minimum absolute atomic E-state index is 0.594. The van der Waals surface area contributed by atoms with Gasteiger partial charge in [0.1, 0.15) is 6.07 Å². The van der Waals surface area contributed by atoms with Crippen molar-refractivity contribution < 1.29 is 14.3 Å². The lowest BCUT2D eigenvalue weighted by Gasteiger charge is -2.16. The Hall–Kier alpha value is -2.90. The fraction of sp³-hybridized carbons (Fsp3) is 0.158. The molecular formula is C19H17NO3. The number of carbonyl (C=O) groups excluding carboxylic acids is 1. The molecule has 4 nitrogen and oxygen atoms in total. The van der Waals surface area contributed by atoms with Gasteiger partial charge in [-0.15, -0.1) is 0 Å². The molecule has 0 aromatic heterocycles. The number of carbonyl (C=O) groups is 1. The summed E-state index contributed by atoms with van der Waals surface area (Å²) in [4.78, 5) is 12.2. The highest BCUT2D eigenvalue weighted by atomic mass is 16.6.